The van der Waals surface area contributed by atoms with Gasteiger partial charge in [-0.1, -0.05) is 39.0 Å². The summed E-state index contributed by atoms with van der Waals surface area (Å²) >= 11 is 0. The van der Waals surface area contributed by atoms with Gasteiger partial charge in [-0.15, -0.1) is 0 Å². The number of carbonyl (C=O) groups excluding carboxylic acids is 2. The molecule has 0 fully saturated rings. The highest BCUT2D eigenvalue weighted by atomic mass is 16.5. The van der Waals surface area contributed by atoms with Crippen LogP contribution in [0.4, 0.5) is 0 Å². The fraction of sp³-hybridized carbons (Fsp3) is 0.318. The second-order valence-electron chi connectivity index (χ2n) is 7.80. The van der Waals surface area contributed by atoms with Gasteiger partial charge in [0, 0.05) is 12.1 Å². The third-order valence-electron chi connectivity index (χ3n) is 4.25. The van der Waals surface area contributed by atoms with E-state index in [1.807, 2.05) is 20.8 Å². The number of methoxy groups -OCH3 is 1. The van der Waals surface area contributed by atoms with Gasteiger partial charge in [-0.05, 0) is 47.2 Å². The maximum atomic E-state index is 12.3. The highest BCUT2D eigenvalue weighted by Gasteiger charge is 2.24. The van der Waals surface area contributed by atoms with Gasteiger partial charge >= 0.3 is 11.9 Å². The minimum atomic E-state index is -1.21. The fourth-order valence-electron chi connectivity index (χ4n) is 2.81. The summed E-state index contributed by atoms with van der Waals surface area (Å²) in [6, 6.07) is 9.75. The number of hydrogen-bond acceptors (Lipinski definition) is 4. The predicted molar refractivity (Wildman–Crippen MR) is 107 cm³/mol. The van der Waals surface area contributed by atoms with Crippen LogP contribution in [-0.2, 0) is 4.74 Å². The van der Waals surface area contributed by atoms with Crippen molar-refractivity contribution in [3.63, 3.8) is 0 Å². The van der Waals surface area contributed by atoms with Gasteiger partial charge in [-0.3, -0.25) is 4.79 Å². The first-order valence-corrected chi connectivity index (χ1v) is 8.89. The van der Waals surface area contributed by atoms with Gasteiger partial charge in [0.25, 0.3) is 5.91 Å². The topological polar surface area (TPSA) is 92.7 Å². The summed E-state index contributed by atoms with van der Waals surface area (Å²) in [5.74, 6) is -2.12. The molecule has 0 aliphatic rings. The van der Waals surface area contributed by atoms with E-state index in [0.29, 0.717) is 23.2 Å². The molecule has 0 saturated heterocycles. The van der Waals surface area contributed by atoms with E-state index in [4.69, 9.17) is 4.74 Å². The zero-order chi connectivity index (χ0) is 21.1. The third-order valence-corrected chi connectivity index (χ3v) is 4.25. The number of aryl methyl sites for hydroxylation is 1. The van der Waals surface area contributed by atoms with Crippen molar-refractivity contribution < 1.29 is 24.2 Å². The number of carboxylic acid groups (broad SMARTS) is 1. The first-order valence-electron chi connectivity index (χ1n) is 8.89. The molecule has 0 aromatic heterocycles. The van der Waals surface area contributed by atoms with E-state index in [0.717, 1.165) is 5.56 Å². The number of esters is 1. The van der Waals surface area contributed by atoms with Crippen LogP contribution in [0.5, 0.6) is 0 Å². The number of hydrogen-bond donors (Lipinski definition) is 2. The van der Waals surface area contributed by atoms with Crippen LogP contribution in [0, 0.1) is 12.3 Å². The summed E-state index contributed by atoms with van der Waals surface area (Å²) in [6.45, 7) is 8.42. The Kier molecular flexibility index (Phi) is 6.23. The summed E-state index contributed by atoms with van der Waals surface area (Å²) in [7, 11) is 1.21. The molecule has 2 N–H and O–H groups in total. The van der Waals surface area contributed by atoms with Crippen LogP contribution >= 0.6 is 0 Å². The number of rotatable bonds is 5. The highest BCUT2D eigenvalue weighted by Crippen LogP contribution is 2.31. The van der Waals surface area contributed by atoms with Crippen molar-refractivity contribution >= 4 is 17.8 Å². The Bertz CT molecular complexity index is 908. The Morgan fingerprint density at radius 3 is 2.14 bits per heavy atom. The molecule has 2 aromatic rings. The second-order valence-corrected chi connectivity index (χ2v) is 7.80. The van der Waals surface area contributed by atoms with Crippen molar-refractivity contribution in [3.8, 4) is 11.1 Å². The van der Waals surface area contributed by atoms with Crippen LogP contribution in [0.15, 0.2) is 36.4 Å². The average molecular weight is 383 g/mol. The van der Waals surface area contributed by atoms with Crippen LogP contribution in [0.1, 0.15) is 57.4 Å². The minimum Gasteiger partial charge on any atom is -0.478 e. The van der Waals surface area contributed by atoms with Gasteiger partial charge in [0.05, 0.1) is 18.2 Å². The van der Waals surface area contributed by atoms with Crippen molar-refractivity contribution in [2.24, 2.45) is 5.41 Å². The molecule has 0 spiro atoms. The van der Waals surface area contributed by atoms with Crippen LogP contribution in [0.2, 0.25) is 0 Å². The van der Waals surface area contributed by atoms with E-state index in [-0.39, 0.29) is 22.4 Å². The van der Waals surface area contributed by atoms with Crippen LogP contribution in [0.25, 0.3) is 11.1 Å². The Labute approximate surface area is 164 Å². The molecule has 0 unspecified atom stereocenters. The zero-order valence-corrected chi connectivity index (χ0v) is 16.8. The van der Waals surface area contributed by atoms with E-state index in [1.54, 1.807) is 37.3 Å². The summed E-state index contributed by atoms with van der Waals surface area (Å²) in [5.41, 5.74) is 2.18. The van der Waals surface area contributed by atoms with E-state index < -0.39 is 11.9 Å². The maximum Gasteiger partial charge on any atom is 0.339 e. The van der Waals surface area contributed by atoms with E-state index in [2.05, 4.69) is 5.32 Å². The normalized spacial score (nSPS) is 11.0. The lowest BCUT2D eigenvalue weighted by Gasteiger charge is -2.19. The summed E-state index contributed by atoms with van der Waals surface area (Å²) in [4.78, 5) is 36.2. The molecule has 0 bridgehead atoms. The van der Waals surface area contributed by atoms with Crippen LogP contribution < -0.4 is 5.32 Å². The first kappa shape index (κ1) is 21.2. The Morgan fingerprint density at radius 2 is 1.64 bits per heavy atom. The number of aromatic carboxylic acids is 1. The molecule has 0 heterocycles. The standard InChI is InChI=1S/C22H25NO5/c1-13-6-11-16(20(25)26)18(21(27)28-5)17(13)14-7-9-15(10-8-14)19(24)23-12-22(2,3)4/h6-11H,12H2,1-5H3,(H,23,24)(H,25,26). The molecular formula is C22H25NO5. The largest absolute Gasteiger partial charge is 0.478 e. The Balaban J connectivity index is 2.46. The van der Waals surface area contributed by atoms with Gasteiger partial charge in [0.15, 0.2) is 0 Å². The second kappa shape index (κ2) is 8.25. The highest BCUT2D eigenvalue weighted by molar-refractivity contribution is 6.08. The smallest absolute Gasteiger partial charge is 0.339 e. The van der Waals surface area contributed by atoms with Gasteiger partial charge in [0.1, 0.15) is 0 Å². The number of carbonyl (C=O) groups is 3. The molecule has 0 atom stereocenters. The molecule has 2 aromatic carbocycles. The lowest BCUT2D eigenvalue weighted by atomic mass is 9.90. The lowest BCUT2D eigenvalue weighted by molar-refractivity contribution is 0.0583. The van der Waals surface area contributed by atoms with E-state index in [9.17, 15) is 19.5 Å². The number of amides is 1. The average Bonchev–Trinajstić information content (AvgIpc) is 2.64. The SMILES string of the molecule is COC(=O)c1c(C(=O)O)ccc(C)c1-c1ccc(C(=O)NCC(C)(C)C)cc1. The summed E-state index contributed by atoms with van der Waals surface area (Å²) in [6.07, 6.45) is 0. The van der Waals surface area contributed by atoms with Crippen molar-refractivity contribution in [1.29, 1.82) is 0 Å². The zero-order valence-electron chi connectivity index (χ0n) is 16.8. The third kappa shape index (κ3) is 4.76. The van der Waals surface area contributed by atoms with Gasteiger partial charge in [-0.25, -0.2) is 9.59 Å². The van der Waals surface area contributed by atoms with Gasteiger partial charge in [0.2, 0.25) is 0 Å². The summed E-state index contributed by atoms with van der Waals surface area (Å²) in [5, 5.41) is 12.3. The van der Waals surface area contributed by atoms with Crippen molar-refractivity contribution in [3.05, 3.63) is 58.7 Å². The van der Waals surface area contributed by atoms with Crippen molar-refractivity contribution in [2.75, 3.05) is 13.7 Å². The number of nitrogens with one attached hydrogen (secondary N) is 1. The molecule has 0 aliphatic heterocycles. The van der Waals surface area contributed by atoms with Crippen LogP contribution in [0.3, 0.4) is 0 Å². The molecule has 148 valence electrons. The molecule has 28 heavy (non-hydrogen) atoms. The number of ether oxygens (including phenoxy) is 1. The molecular weight excluding hydrogens is 358 g/mol. The van der Waals surface area contributed by atoms with Crippen molar-refractivity contribution in [2.45, 2.75) is 27.7 Å². The number of carboxylic acids is 1. The number of benzene rings is 2. The molecule has 6 nitrogen and oxygen atoms in total. The molecule has 6 heteroatoms. The fourth-order valence-corrected chi connectivity index (χ4v) is 2.81. The van der Waals surface area contributed by atoms with Crippen LogP contribution in [-0.4, -0.2) is 36.6 Å². The van der Waals surface area contributed by atoms with Gasteiger partial charge < -0.3 is 15.2 Å². The molecule has 0 radical (unpaired) electrons. The first-order chi connectivity index (χ1) is 13.0. The Hall–Kier alpha value is -3.15. The Morgan fingerprint density at radius 1 is 1.04 bits per heavy atom. The van der Waals surface area contributed by atoms with Gasteiger partial charge in [-0.2, -0.15) is 0 Å². The molecule has 0 aliphatic carbocycles. The monoisotopic (exact) mass is 383 g/mol. The lowest BCUT2D eigenvalue weighted by Crippen LogP contribution is -2.32. The summed E-state index contributed by atoms with van der Waals surface area (Å²) < 4.78 is 4.80. The molecule has 1 amide bonds. The van der Waals surface area contributed by atoms with E-state index >= 15 is 0 Å². The predicted octanol–water partition coefficient (Wildman–Crippen LogP) is 3.92. The maximum absolute atomic E-state index is 12.3. The minimum absolute atomic E-state index is 0.0000610. The van der Waals surface area contributed by atoms with E-state index in [1.165, 1.54) is 13.2 Å². The quantitative estimate of drug-likeness (QED) is 0.764. The molecule has 0 saturated carbocycles. The molecule has 2 rings (SSSR count). The van der Waals surface area contributed by atoms with Crippen molar-refractivity contribution in [1.82, 2.24) is 5.32 Å².